The molecule has 0 unspecified atom stereocenters. The fraction of sp³-hybridized carbons (Fsp3) is 0.440. The number of nitrogens with one attached hydrogen (secondary N) is 2. The van der Waals surface area contributed by atoms with E-state index in [1.165, 1.54) is 4.90 Å². The van der Waals surface area contributed by atoms with Gasteiger partial charge in [0.25, 0.3) is 5.89 Å². The summed E-state index contributed by atoms with van der Waals surface area (Å²) >= 11 is 0. The van der Waals surface area contributed by atoms with Crippen molar-refractivity contribution in [3.63, 3.8) is 0 Å². The van der Waals surface area contributed by atoms with Crippen molar-refractivity contribution in [3.8, 4) is 5.69 Å². The number of ketones is 1. The number of carbonyl (C=O) groups is 4. The number of benzene rings is 1. The maximum Gasteiger partial charge on any atom is 0.442 e. The number of hydrogen-bond acceptors (Lipinski definition) is 8. The second kappa shape index (κ2) is 12.0. The van der Waals surface area contributed by atoms with Gasteiger partial charge >= 0.3 is 11.8 Å². The summed E-state index contributed by atoms with van der Waals surface area (Å²) in [6.07, 6.45) is -0.0533. The van der Waals surface area contributed by atoms with Crippen molar-refractivity contribution in [1.29, 1.82) is 0 Å². The molecule has 1 aromatic heterocycles. The average Bonchev–Trinajstić information content (AvgIpc) is 3.51. The molecule has 1 fully saturated rings. The molecule has 3 atom stereocenters. The van der Waals surface area contributed by atoms with Crippen molar-refractivity contribution in [3.05, 3.63) is 58.4 Å². The molecule has 1 aliphatic heterocycles. The number of aromatic nitrogens is 2. The number of Topliss-reactive ketones (excluding diaryl/α,β-unsaturated/α-hetero) is 1. The van der Waals surface area contributed by atoms with E-state index in [4.69, 9.17) is 4.42 Å². The highest BCUT2D eigenvalue weighted by Gasteiger charge is 2.40. The van der Waals surface area contributed by atoms with Gasteiger partial charge in [0.15, 0.2) is 5.82 Å². The fourth-order valence-electron chi connectivity index (χ4n) is 4.14. The van der Waals surface area contributed by atoms with Gasteiger partial charge in [-0.1, -0.05) is 20.4 Å². The molecule has 0 aliphatic carbocycles. The summed E-state index contributed by atoms with van der Waals surface area (Å²) in [6.45, 7) is 8.76. The van der Waals surface area contributed by atoms with E-state index < -0.39 is 76.7 Å². The van der Waals surface area contributed by atoms with Crippen LogP contribution in [0, 0.1) is 17.6 Å². The quantitative estimate of drug-likeness (QED) is 0.354. The van der Waals surface area contributed by atoms with Crippen molar-refractivity contribution >= 4 is 23.7 Å². The van der Waals surface area contributed by atoms with E-state index in [2.05, 4.69) is 27.0 Å². The molecule has 3 amide bonds. The maximum absolute atomic E-state index is 14.2. The van der Waals surface area contributed by atoms with Gasteiger partial charge in [0.2, 0.25) is 17.6 Å². The third-order valence-electron chi connectivity index (χ3n) is 6.17. The largest absolute Gasteiger partial charge is 0.453 e. The van der Waals surface area contributed by atoms with Crippen LogP contribution in [0.5, 0.6) is 0 Å². The Morgan fingerprint density at radius 3 is 2.49 bits per heavy atom. The Hall–Kier alpha value is -4.36. The van der Waals surface area contributed by atoms with Gasteiger partial charge in [0.1, 0.15) is 23.6 Å². The minimum absolute atomic E-state index is 0.229. The van der Waals surface area contributed by atoms with Gasteiger partial charge in [-0.05, 0) is 43.4 Å². The Morgan fingerprint density at radius 2 is 1.90 bits per heavy atom. The summed E-state index contributed by atoms with van der Waals surface area (Å²) in [5.41, 5.74) is -0.100. The lowest BCUT2D eigenvalue weighted by molar-refractivity contribution is -0.139. The maximum atomic E-state index is 14.2. The topological polar surface area (TPSA) is 153 Å². The number of hydrogen-bond donors (Lipinski definition) is 2. The summed E-state index contributed by atoms with van der Waals surface area (Å²) in [5, 5.41) is 8.74. The van der Waals surface area contributed by atoms with Crippen LogP contribution in [0.3, 0.4) is 0 Å². The molecular weight excluding hydrogens is 520 g/mol. The molecule has 14 heteroatoms. The first-order chi connectivity index (χ1) is 18.3. The van der Waals surface area contributed by atoms with E-state index in [0.29, 0.717) is 29.2 Å². The second-order valence-electron chi connectivity index (χ2n) is 9.38. The number of ether oxygens (including phenoxy) is 1. The van der Waals surface area contributed by atoms with Crippen molar-refractivity contribution < 1.29 is 37.1 Å². The Balaban J connectivity index is 1.81. The van der Waals surface area contributed by atoms with Gasteiger partial charge < -0.3 is 24.7 Å². The van der Waals surface area contributed by atoms with Gasteiger partial charge in [0, 0.05) is 12.6 Å². The molecule has 0 radical (unpaired) electrons. The summed E-state index contributed by atoms with van der Waals surface area (Å²) < 4.78 is 37.4. The molecule has 0 spiro atoms. The fourth-order valence-corrected chi connectivity index (χ4v) is 4.14. The van der Waals surface area contributed by atoms with Crippen LogP contribution in [0.4, 0.5) is 13.6 Å². The van der Waals surface area contributed by atoms with Crippen LogP contribution < -0.4 is 16.4 Å². The molecule has 2 heterocycles. The molecule has 1 aliphatic rings. The predicted octanol–water partition coefficient (Wildman–Crippen LogP) is 1.72. The molecule has 39 heavy (non-hydrogen) atoms. The zero-order chi connectivity index (χ0) is 29.0. The Bertz CT molecular complexity index is 1350. The van der Waals surface area contributed by atoms with Crippen LogP contribution >= 0.6 is 0 Å². The lowest BCUT2D eigenvalue weighted by Crippen LogP contribution is -2.56. The molecule has 1 saturated heterocycles. The monoisotopic (exact) mass is 549 g/mol. The summed E-state index contributed by atoms with van der Waals surface area (Å²) in [6, 6.07) is -0.882. The molecule has 0 bridgehead atoms. The molecule has 0 saturated carbocycles. The summed E-state index contributed by atoms with van der Waals surface area (Å²) in [5.74, 6) is -6.42. The van der Waals surface area contributed by atoms with E-state index in [1.807, 2.05) is 0 Å². The second-order valence-corrected chi connectivity index (χ2v) is 9.38. The number of methoxy groups -OCH3 is 1. The molecule has 2 N–H and O–H groups in total. The van der Waals surface area contributed by atoms with Gasteiger partial charge in [-0.15, -0.1) is 5.10 Å². The highest BCUT2D eigenvalue weighted by molar-refractivity contribution is 6.00. The van der Waals surface area contributed by atoms with Crippen molar-refractivity contribution in [2.24, 2.45) is 5.92 Å². The SMILES string of the molecule is C=C(C)[C@H](NC(=O)OC)C(=O)N1CCC[C@H]1C(=O)N[C@H](C(=O)c1nn(-c2ccc(F)cc2F)c(=O)o1)C(C)C. The number of carbonyl (C=O) groups excluding carboxylic acids is 4. The highest BCUT2D eigenvalue weighted by atomic mass is 19.1. The van der Waals surface area contributed by atoms with E-state index >= 15 is 0 Å². The molecule has 1 aromatic carbocycles. The average molecular weight is 550 g/mol. The van der Waals surface area contributed by atoms with E-state index in [1.54, 1.807) is 20.8 Å². The van der Waals surface area contributed by atoms with Gasteiger partial charge in [-0.25, -0.2) is 18.4 Å². The smallest absolute Gasteiger partial charge is 0.442 e. The first-order valence-corrected chi connectivity index (χ1v) is 12.1. The van der Waals surface area contributed by atoms with Crippen LogP contribution in [0.15, 0.2) is 39.6 Å². The molecular formula is C25H29F2N5O7. The number of nitrogens with zero attached hydrogens (tertiary/aromatic N) is 3. The molecule has 2 aromatic rings. The van der Waals surface area contributed by atoms with Crippen LogP contribution in [0.25, 0.3) is 5.69 Å². The zero-order valence-corrected chi connectivity index (χ0v) is 21.8. The number of amides is 3. The standard InChI is InChI=1S/C25H29F2N5O7/c1-12(2)18(20(33)22-30-32(25(37)39-22)16-9-8-14(26)11-15(16)27)28-21(34)17-7-6-10-31(17)23(35)19(13(3)4)29-24(36)38-5/h8-9,11-12,17-19H,3,6-7,10H2,1-2,4-5H3,(H,28,34)(H,29,36)/t17-,18-,19-/m0/s1. The number of likely N-dealkylation sites (tertiary alicyclic amines) is 1. The number of halogens is 2. The third-order valence-corrected chi connectivity index (χ3v) is 6.17. The lowest BCUT2D eigenvalue weighted by Gasteiger charge is -2.30. The summed E-state index contributed by atoms with van der Waals surface area (Å²) in [4.78, 5) is 64.9. The van der Waals surface area contributed by atoms with Gasteiger partial charge in [-0.2, -0.15) is 4.68 Å². The first-order valence-electron chi connectivity index (χ1n) is 12.1. The van der Waals surface area contributed by atoms with Crippen LogP contribution in [0.2, 0.25) is 0 Å². The van der Waals surface area contributed by atoms with E-state index in [0.717, 1.165) is 19.2 Å². The van der Waals surface area contributed by atoms with Crippen LogP contribution in [-0.4, -0.2) is 70.2 Å². The Morgan fingerprint density at radius 1 is 1.21 bits per heavy atom. The van der Waals surface area contributed by atoms with E-state index in [9.17, 15) is 32.8 Å². The number of rotatable bonds is 9. The normalized spacial score (nSPS) is 16.5. The van der Waals surface area contributed by atoms with Crippen molar-refractivity contribution in [1.82, 2.24) is 25.3 Å². The lowest BCUT2D eigenvalue weighted by atomic mass is 9.99. The highest BCUT2D eigenvalue weighted by Crippen LogP contribution is 2.21. The van der Waals surface area contributed by atoms with E-state index in [-0.39, 0.29) is 6.54 Å². The predicted molar refractivity (Wildman–Crippen MR) is 132 cm³/mol. The molecule has 12 nitrogen and oxygen atoms in total. The minimum Gasteiger partial charge on any atom is -0.453 e. The molecule has 3 rings (SSSR count). The minimum atomic E-state index is -1.22. The molecule has 210 valence electrons. The van der Waals surface area contributed by atoms with Gasteiger partial charge in [-0.3, -0.25) is 14.4 Å². The first kappa shape index (κ1) is 29.2. The third kappa shape index (κ3) is 6.38. The Kier molecular flexibility index (Phi) is 8.99. The number of alkyl carbamates (subject to hydrolysis) is 1. The van der Waals surface area contributed by atoms with Crippen molar-refractivity contribution in [2.75, 3.05) is 13.7 Å². The van der Waals surface area contributed by atoms with Gasteiger partial charge in [0.05, 0.1) is 13.2 Å². The van der Waals surface area contributed by atoms with Crippen LogP contribution in [0.1, 0.15) is 44.3 Å². The summed E-state index contributed by atoms with van der Waals surface area (Å²) in [7, 11) is 1.14. The van der Waals surface area contributed by atoms with Crippen molar-refractivity contribution in [2.45, 2.75) is 51.7 Å². The zero-order valence-electron chi connectivity index (χ0n) is 21.8. The van der Waals surface area contributed by atoms with Crippen LogP contribution in [-0.2, 0) is 14.3 Å². The Labute approximate surface area is 222 Å².